The van der Waals surface area contributed by atoms with Gasteiger partial charge in [0.1, 0.15) is 0 Å². The molecule has 0 aliphatic carbocycles. The maximum absolute atomic E-state index is 12.8. The summed E-state index contributed by atoms with van der Waals surface area (Å²) in [5.74, 6) is -0.340. The number of amides is 1. The van der Waals surface area contributed by atoms with Crippen molar-refractivity contribution in [2.75, 3.05) is 20.1 Å². The van der Waals surface area contributed by atoms with Gasteiger partial charge in [0.25, 0.3) is 0 Å². The lowest BCUT2D eigenvalue weighted by Crippen LogP contribution is -2.45. The van der Waals surface area contributed by atoms with E-state index in [1.807, 2.05) is 0 Å². The van der Waals surface area contributed by atoms with Gasteiger partial charge in [0, 0.05) is 19.0 Å². The van der Waals surface area contributed by atoms with Crippen LogP contribution in [-0.4, -0.2) is 37.0 Å². The Morgan fingerprint density at radius 2 is 1.96 bits per heavy atom. The molecule has 1 aromatic carbocycles. The van der Waals surface area contributed by atoms with Gasteiger partial charge in [-0.2, -0.15) is 13.2 Å². The molecule has 0 bridgehead atoms. The third kappa shape index (κ3) is 5.38. The fourth-order valence-electron chi connectivity index (χ4n) is 3.04. The van der Waals surface area contributed by atoms with Gasteiger partial charge in [-0.15, -0.1) is 12.4 Å². The third-order valence-corrected chi connectivity index (χ3v) is 4.42. The van der Waals surface area contributed by atoms with Crippen LogP contribution in [0.3, 0.4) is 0 Å². The highest BCUT2D eigenvalue weighted by Crippen LogP contribution is 2.30. The summed E-state index contributed by atoms with van der Waals surface area (Å²) in [6, 6.07) is 5.44. The van der Waals surface area contributed by atoms with Crippen LogP contribution in [0.1, 0.15) is 30.9 Å². The number of piperidine rings is 1. The number of carbonyl (C=O) groups is 1. The monoisotopic (exact) mass is 364 g/mol. The summed E-state index contributed by atoms with van der Waals surface area (Å²) in [5, 5.41) is 3.25. The Kier molecular flexibility index (Phi) is 7.55. The quantitative estimate of drug-likeness (QED) is 0.886. The average molecular weight is 365 g/mol. The lowest BCUT2D eigenvalue weighted by atomic mass is 9.96. The van der Waals surface area contributed by atoms with E-state index >= 15 is 0 Å². The summed E-state index contributed by atoms with van der Waals surface area (Å²) in [6.45, 7) is 3.56. The molecule has 1 saturated heterocycles. The Morgan fingerprint density at radius 3 is 2.54 bits per heavy atom. The first-order valence-corrected chi connectivity index (χ1v) is 7.92. The van der Waals surface area contributed by atoms with Crippen molar-refractivity contribution in [3.05, 3.63) is 35.4 Å². The topological polar surface area (TPSA) is 32.3 Å². The number of halogens is 4. The predicted octanol–water partition coefficient (Wildman–Crippen LogP) is 3.52. The molecule has 136 valence electrons. The molecule has 3 nitrogen and oxygen atoms in total. The average Bonchev–Trinajstić information content (AvgIpc) is 2.53. The molecule has 7 heteroatoms. The molecule has 2 rings (SSSR count). The fourth-order valence-corrected chi connectivity index (χ4v) is 3.04. The maximum atomic E-state index is 12.8. The standard InChI is InChI=1S/C17H23F3N2O.ClH/c1-12(16(23)22(2)15-6-8-21-9-7-15)10-13-4-3-5-14(11-13)17(18,19)20;/h3-5,11-12,15,21H,6-10H2,1-2H3;1H. The van der Waals surface area contributed by atoms with Crippen LogP contribution < -0.4 is 5.32 Å². The van der Waals surface area contributed by atoms with Gasteiger partial charge < -0.3 is 10.2 Å². The van der Waals surface area contributed by atoms with Crippen LogP contribution in [-0.2, 0) is 17.4 Å². The molecular formula is C17H24ClF3N2O. The molecular weight excluding hydrogens is 341 g/mol. The molecule has 0 saturated carbocycles. The van der Waals surface area contributed by atoms with E-state index in [4.69, 9.17) is 0 Å². The van der Waals surface area contributed by atoms with Crippen LogP contribution >= 0.6 is 12.4 Å². The molecule has 1 atom stereocenters. The van der Waals surface area contributed by atoms with Crippen LogP contribution in [0.25, 0.3) is 0 Å². The number of rotatable bonds is 4. The Balaban J connectivity index is 0.00000288. The van der Waals surface area contributed by atoms with Gasteiger partial charge in [0.05, 0.1) is 5.56 Å². The van der Waals surface area contributed by atoms with E-state index in [9.17, 15) is 18.0 Å². The minimum atomic E-state index is -4.35. The lowest BCUT2D eigenvalue weighted by Gasteiger charge is -2.33. The second kappa shape index (κ2) is 8.72. The van der Waals surface area contributed by atoms with Gasteiger partial charge >= 0.3 is 6.18 Å². The maximum Gasteiger partial charge on any atom is 0.416 e. The summed E-state index contributed by atoms with van der Waals surface area (Å²) in [7, 11) is 1.79. The molecule has 1 unspecified atom stereocenters. The second-order valence-corrected chi connectivity index (χ2v) is 6.23. The molecule has 1 aliphatic heterocycles. The zero-order chi connectivity index (χ0) is 17.0. The van der Waals surface area contributed by atoms with Crippen molar-refractivity contribution in [3.8, 4) is 0 Å². The number of hydrogen-bond donors (Lipinski definition) is 1. The SMILES string of the molecule is CC(Cc1cccc(C(F)(F)F)c1)C(=O)N(C)C1CCNCC1.Cl. The minimum absolute atomic E-state index is 0. The third-order valence-electron chi connectivity index (χ3n) is 4.42. The van der Waals surface area contributed by atoms with Crippen molar-refractivity contribution in [2.45, 2.75) is 38.4 Å². The molecule has 1 heterocycles. The van der Waals surface area contributed by atoms with Gasteiger partial charge in [0.15, 0.2) is 0 Å². The Bertz CT molecular complexity index is 545. The van der Waals surface area contributed by atoms with Crippen LogP contribution in [0.4, 0.5) is 13.2 Å². The summed E-state index contributed by atoms with van der Waals surface area (Å²) in [6.07, 6.45) is -2.20. The highest BCUT2D eigenvalue weighted by atomic mass is 35.5. The molecule has 1 fully saturated rings. The van der Waals surface area contributed by atoms with Crippen molar-refractivity contribution < 1.29 is 18.0 Å². The second-order valence-electron chi connectivity index (χ2n) is 6.23. The Hall–Kier alpha value is -1.27. The Labute approximate surface area is 147 Å². The van der Waals surface area contributed by atoms with Crippen LogP contribution in [0.2, 0.25) is 0 Å². The first-order chi connectivity index (χ1) is 10.8. The zero-order valence-electron chi connectivity index (χ0n) is 13.9. The first-order valence-electron chi connectivity index (χ1n) is 7.92. The first kappa shape index (κ1) is 20.8. The molecule has 1 amide bonds. The van der Waals surface area contributed by atoms with E-state index in [2.05, 4.69) is 5.32 Å². The highest BCUT2D eigenvalue weighted by molar-refractivity contribution is 5.85. The van der Waals surface area contributed by atoms with Crippen LogP contribution in [0.15, 0.2) is 24.3 Å². The van der Waals surface area contributed by atoms with Crippen molar-refractivity contribution in [1.29, 1.82) is 0 Å². The lowest BCUT2D eigenvalue weighted by molar-refractivity contribution is -0.137. The molecule has 1 aromatic rings. The van der Waals surface area contributed by atoms with E-state index in [1.165, 1.54) is 6.07 Å². The number of carbonyl (C=O) groups excluding carboxylic acids is 1. The van der Waals surface area contributed by atoms with E-state index in [1.54, 1.807) is 24.9 Å². The van der Waals surface area contributed by atoms with Gasteiger partial charge in [-0.1, -0.05) is 25.1 Å². The van der Waals surface area contributed by atoms with Crippen molar-refractivity contribution >= 4 is 18.3 Å². The van der Waals surface area contributed by atoms with Crippen LogP contribution in [0, 0.1) is 5.92 Å². The molecule has 1 aliphatic rings. The smallest absolute Gasteiger partial charge is 0.342 e. The molecule has 0 spiro atoms. The predicted molar refractivity (Wildman–Crippen MR) is 90.2 cm³/mol. The minimum Gasteiger partial charge on any atom is -0.342 e. The highest BCUT2D eigenvalue weighted by Gasteiger charge is 2.31. The van der Waals surface area contributed by atoms with Crippen molar-refractivity contribution in [2.24, 2.45) is 5.92 Å². The number of nitrogens with one attached hydrogen (secondary N) is 1. The van der Waals surface area contributed by atoms with E-state index < -0.39 is 11.7 Å². The molecule has 0 radical (unpaired) electrons. The fraction of sp³-hybridized carbons (Fsp3) is 0.588. The number of hydrogen-bond acceptors (Lipinski definition) is 2. The summed E-state index contributed by atoms with van der Waals surface area (Å²) in [5.41, 5.74) is -0.124. The van der Waals surface area contributed by atoms with Crippen LogP contribution in [0.5, 0.6) is 0 Å². The molecule has 0 aromatic heterocycles. The summed E-state index contributed by atoms with van der Waals surface area (Å²) < 4.78 is 38.3. The van der Waals surface area contributed by atoms with E-state index in [-0.39, 0.29) is 30.3 Å². The number of nitrogens with zero attached hydrogens (tertiary/aromatic N) is 1. The van der Waals surface area contributed by atoms with Gasteiger partial charge in [0.2, 0.25) is 5.91 Å². The summed E-state index contributed by atoms with van der Waals surface area (Å²) >= 11 is 0. The largest absolute Gasteiger partial charge is 0.416 e. The van der Waals surface area contributed by atoms with Gasteiger partial charge in [-0.25, -0.2) is 0 Å². The summed E-state index contributed by atoms with van der Waals surface area (Å²) in [4.78, 5) is 14.3. The molecule has 24 heavy (non-hydrogen) atoms. The van der Waals surface area contributed by atoms with Gasteiger partial charge in [-0.3, -0.25) is 4.79 Å². The van der Waals surface area contributed by atoms with Crippen molar-refractivity contribution in [3.63, 3.8) is 0 Å². The Morgan fingerprint density at radius 1 is 1.33 bits per heavy atom. The molecule has 1 N–H and O–H groups in total. The normalized spacial score (nSPS) is 17.0. The van der Waals surface area contributed by atoms with Crippen molar-refractivity contribution in [1.82, 2.24) is 10.2 Å². The number of alkyl halides is 3. The van der Waals surface area contributed by atoms with E-state index in [0.29, 0.717) is 12.0 Å². The van der Waals surface area contributed by atoms with E-state index in [0.717, 1.165) is 38.1 Å². The number of benzene rings is 1. The zero-order valence-corrected chi connectivity index (χ0v) is 14.7. The van der Waals surface area contributed by atoms with Gasteiger partial charge in [-0.05, 0) is 44.0 Å².